The number of aliphatic hydroxyl groups excluding tert-OH is 2. The van der Waals surface area contributed by atoms with Crippen molar-refractivity contribution in [2.75, 3.05) is 26.4 Å². The molecule has 16 heavy (non-hydrogen) atoms. The van der Waals surface area contributed by atoms with Crippen LogP contribution in [0.15, 0.2) is 0 Å². The standard InChI is InChI=1S/C7H16NO7P/c1-6(10)8-2-3-14-16(12,13)15-5-7(11)4-9/h7,9,11H,2-5H2,1H3,(H,8,10)(H,12,13)/p-1. The molecule has 0 saturated carbocycles. The van der Waals surface area contributed by atoms with Gasteiger partial charge in [-0.1, -0.05) is 0 Å². The number of phosphoric ester groups is 1. The third-order valence-electron chi connectivity index (χ3n) is 1.36. The van der Waals surface area contributed by atoms with Crippen molar-refractivity contribution in [3.05, 3.63) is 0 Å². The van der Waals surface area contributed by atoms with Crippen molar-refractivity contribution in [2.45, 2.75) is 13.0 Å². The van der Waals surface area contributed by atoms with Crippen molar-refractivity contribution >= 4 is 13.7 Å². The topological polar surface area (TPSA) is 128 Å². The van der Waals surface area contributed by atoms with Crippen LogP contribution in [0.1, 0.15) is 6.92 Å². The molecule has 0 spiro atoms. The maximum absolute atomic E-state index is 11.0. The van der Waals surface area contributed by atoms with Crippen LogP contribution in [0, 0.1) is 0 Å². The molecule has 0 aliphatic heterocycles. The first-order valence-corrected chi connectivity index (χ1v) is 5.97. The van der Waals surface area contributed by atoms with Crippen molar-refractivity contribution in [1.29, 1.82) is 0 Å². The van der Waals surface area contributed by atoms with Crippen LogP contribution in [0.2, 0.25) is 0 Å². The lowest BCUT2D eigenvalue weighted by Crippen LogP contribution is -2.26. The predicted octanol–water partition coefficient (Wildman–Crippen LogP) is -2.02. The van der Waals surface area contributed by atoms with E-state index >= 15 is 0 Å². The highest BCUT2D eigenvalue weighted by Gasteiger charge is 2.12. The minimum Gasteiger partial charge on any atom is -0.756 e. The van der Waals surface area contributed by atoms with Crippen molar-refractivity contribution in [3.63, 3.8) is 0 Å². The van der Waals surface area contributed by atoms with Gasteiger partial charge in [0, 0.05) is 13.5 Å². The Kier molecular flexibility index (Phi) is 7.48. The number of rotatable bonds is 8. The predicted molar refractivity (Wildman–Crippen MR) is 51.3 cm³/mol. The quantitative estimate of drug-likeness (QED) is 0.337. The van der Waals surface area contributed by atoms with Crippen molar-refractivity contribution in [2.24, 2.45) is 0 Å². The van der Waals surface area contributed by atoms with Gasteiger partial charge in [-0.25, -0.2) is 0 Å². The molecule has 0 saturated heterocycles. The van der Waals surface area contributed by atoms with Crippen LogP contribution < -0.4 is 10.2 Å². The van der Waals surface area contributed by atoms with Crippen LogP contribution in [0.25, 0.3) is 0 Å². The van der Waals surface area contributed by atoms with Gasteiger partial charge in [-0.15, -0.1) is 0 Å². The molecule has 0 fully saturated rings. The average Bonchev–Trinajstić information content (AvgIpc) is 2.21. The molecule has 0 bridgehead atoms. The first-order valence-electron chi connectivity index (χ1n) is 4.51. The number of aliphatic hydroxyl groups is 2. The summed E-state index contributed by atoms with van der Waals surface area (Å²) in [5, 5.41) is 19.5. The number of carbonyl (C=O) groups is 1. The molecular weight excluding hydrogens is 241 g/mol. The van der Waals surface area contributed by atoms with Crippen molar-refractivity contribution in [1.82, 2.24) is 5.32 Å². The summed E-state index contributed by atoms with van der Waals surface area (Å²) in [5.41, 5.74) is 0. The van der Waals surface area contributed by atoms with E-state index in [2.05, 4.69) is 14.4 Å². The Labute approximate surface area is 92.8 Å². The van der Waals surface area contributed by atoms with E-state index in [1.165, 1.54) is 6.92 Å². The van der Waals surface area contributed by atoms with E-state index in [1.54, 1.807) is 0 Å². The van der Waals surface area contributed by atoms with Crippen LogP contribution in [0.3, 0.4) is 0 Å². The Balaban J connectivity index is 3.70. The molecule has 3 N–H and O–H groups in total. The van der Waals surface area contributed by atoms with E-state index in [4.69, 9.17) is 10.2 Å². The van der Waals surface area contributed by atoms with Crippen LogP contribution >= 0.6 is 7.82 Å². The summed E-state index contributed by atoms with van der Waals surface area (Å²) in [7, 11) is -4.49. The number of nitrogens with one attached hydrogen (secondary N) is 1. The lowest BCUT2D eigenvalue weighted by molar-refractivity contribution is -0.227. The van der Waals surface area contributed by atoms with Gasteiger partial charge in [0.25, 0.3) is 7.82 Å². The van der Waals surface area contributed by atoms with Gasteiger partial charge in [0.05, 0.1) is 19.8 Å². The van der Waals surface area contributed by atoms with Gasteiger partial charge in [0.2, 0.25) is 5.91 Å². The fraction of sp³-hybridized carbons (Fsp3) is 0.857. The smallest absolute Gasteiger partial charge is 0.268 e. The normalized spacial score (nSPS) is 16.5. The SMILES string of the molecule is CC(=O)NCCOP(=O)([O-])OCC(O)CO. The van der Waals surface area contributed by atoms with E-state index < -0.39 is 27.1 Å². The lowest BCUT2D eigenvalue weighted by Gasteiger charge is -2.23. The highest BCUT2D eigenvalue weighted by Crippen LogP contribution is 2.37. The zero-order valence-corrected chi connectivity index (χ0v) is 9.68. The average molecular weight is 256 g/mol. The molecule has 0 radical (unpaired) electrons. The molecule has 0 aromatic carbocycles. The molecule has 2 atom stereocenters. The van der Waals surface area contributed by atoms with Gasteiger partial charge in [-0.05, 0) is 0 Å². The molecule has 0 aliphatic rings. The highest BCUT2D eigenvalue weighted by atomic mass is 31.2. The van der Waals surface area contributed by atoms with Crippen LogP contribution in [0.5, 0.6) is 0 Å². The fourth-order valence-electron chi connectivity index (χ4n) is 0.652. The number of hydrogen-bond acceptors (Lipinski definition) is 7. The Morgan fingerprint density at radius 2 is 2.19 bits per heavy atom. The van der Waals surface area contributed by atoms with E-state index in [1.807, 2.05) is 0 Å². The molecule has 0 rings (SSSR count). The van der Waals surface area contributed by atoms with Gasteiger partial charge < -0.3 is 29.5 Å². The molecule has 9 heteroatoms. The van der Waals surface area contributed by atoms with Crippen molar-refractivity contribution < 1.29 is 33.5 Å². The minimum atomic E-state index is -4.49. The van der Waals surface area contributed by atoms with Gasteiger partial charge in [0.15, 0.2) is 0 Å². The summed E-state index contributed by atoms with van der Waals surface area (Å²) >= 11 is 0. The minimum absolute atomic E-state index is 0.0352. The van der Waals surface area contributed by atoms with Crippen LogP contribution in [0.4, 0.5) is 0 Å². The molecule has 0 aromatic heterocycles. The molecule has 2 unspecified atom stereocenters. The molecule has 0 heterocycles. The first-order chi connectivity index (χ1) is 7.37. The number of hydrogen-bond donors (Lipinski definition) is 3. The van der Waals surface area contributed by atoms with Gasteiger partial charge in [0.1, 0.15) is 6.10 Å². The summed E-state index contributed by atoms with van der Waals surface area (Å²) < 4.78 is 19.6. The zero-order valence-electron chi connectivity index (χ0n) is 8.79. The third kappa shape index (κ3) is 8.78. The Morgan fingerprint density at radius 3 is 2.69 bits per heavy atom. The summed E-state index contributed by atoms with van der Waals surface area (Å²) in [6.45, 7) is -0.114. The Bertz CT molecular complexity index is 259. The summed E-state index contributed by atoms with van der Waals surface area (Å²) in [4.78, 5) is 21.4. The van der Waals surface area contributed by atoms with Gasteiger partial charge in [-0.3, -0.25) is 9.36 Å². The summed E-state index contributed by atoms with van der Waals surface area (Å²) in [6.07, 6.45) is -1.28. The maximum atomic E-state index is 11.0. The number of amides is 1. The third-order valence-corrected chi connectivity index (χ3v) is 2.33. The molecule has 0 aliphatic carbocycles. The monoisotopic (exact) mass is 256 g/mol. The fourth-order valence-corrected chi connectivity index (χ4v) is 1.40. The van der Waals surface area contributed by atoms with E-state index in [0.717, 1.165) is 0 Å². The van der Waals surface area contributed by atoms with Gasteiger partial charge >= 0.3 is 0 Å². The molecule has 1 amide bonds. The van der Waals surface area contributed by atoms with Crippen LogP contribution in [-0.4, -0.2) is 48.6 Å². The van der Waals surface area contributed by atoms with E-state index in [-0.39, 0.29) is 19.1 Å². The van der Waals surface area contributed by atoms with E-state index in [0.29, 0.717) is 0 Å². The summed E-state index contributed by atoms with van der Waals surface area (Å²) in [5.74, 6) is -0.305. The second-order valence-corrected chi connectivity index (χ2v) is 4.31. The number of phosphoric acid groups is 1. The highest BCUT2D eigenvalue weighted by molar-refractivity contribution is 7.45. The second-order valence-electron chi connectivity index (χ2n) is 2.90. The summed E-state index contributed by atoms with van der Waals surface area (Å²) in [6, 6.07) is 0. The lowest BCUT2D eigenvalue weighted by atomic mass is 10.4. The largest absolute Gasteiger partial charge is 0.756 e. The Morgan fingerprint density at radius 1 is 1.56 bits per heavy atom. The van der Waals surface area contributed by atoms with Crippen molar-refractivity contribution in [3.8, 4) is 0 Å². The zero-order chi connectivity index (χ0) is 12.6. The van der Waals surface area contributed by atoms with E-state index in [9.17, 15) is 14.3 Å². The van der Waals surface area contributed by atoms with Gasteiger partial charge in [-0.2, -0.15) is 0 Å². The first kappa shape index (κ1) is 15.5. The molecule has 0 aromatic rings. The Hall–Kier alpha value is -0.500. The maximum Gasteiger partial charge on any atom is 0.268 e. The molecule has 8 nitrogen and oxygen atoms in total. The second kappa shape index (κ2) is 7.72. The number of carbonyl (C=O) groups excluding carboxylic acids is 1. The molecular formula is C7H15NO7P-. The van der Waals surface area contributed by atoms with Crippen LogP contribution in [-0.2, 0) is 18.4 Å². The molecule has 96 valence electrons.